The number of nitrogens with two attached hydrogens (primary N) is 1. The fourth-order valence-corrected chi connectivity index (χ4v) is 2.75. The summed E-state index contributed by atoms with van der Waals surface area (Å²) >= 11 is 0. The molecule has 0 saturated carbocycles. The van der Waals surface area contributed by atoms with Crippen molar-refractivity contribution in [2.24, 2.45) is 10.9 Å². The highest BCUT2D eigenvalue weighted by Crippen LogP contribution is 2.08. The lowest BCUT2D eigenvalue weighted by Crippen LogP contribution is -2.37. The maximum atomic E-state index is 11.4. The number of carbonyl (C=O) groups is 1. The van der Waals surface area contributed by atoms with Crippen LogP contribution in [0.5, 0.6) is 0 Å². The minimum atomic E-state index is -0.435. The lowest BCUT2D eigenvalue weighted by Gasteiger charge is -2.05. The first-order chi connectivity index (χ1) is 12.7. The van der Waals surface area contributed by atoms with Crippen LogP contribution in [0.1, 0.15) is 27.0 Å². The highest BCUT2D eigenvalue weighted by atomic mass is 16.4. The fourth-order valence-electron chi connectivity index (χ4n) is 2.75. The molecule has 1 aromatic carbocycles. The first-order valence-electron chi connectivity index (χ1n) is 8.18. The molecule has 3 aromatic rings. The molecule has 0 aliphatic rings. The van der Waals surface area contributed by atoms with E-state index in [0.29, 0.717) is 18.7 Å². The maximum Gasteiger partial charge on any atom is 0.254 e. The molecule has 0 unspecified atom stereocenters. The first-order valence-corrected chi connectivity index (χ1v) is 8.18. The molecule has 6 heteroatoms. The van der Waals surface area contributed by atoms with Crippen LogP contribution >= 0.6 is 0 Å². The topological polar surface area (TPSA) is 83.4 Å². The van der Waals surface area contributed by atoms with Crippen LogP contribution in [-0.4, -0.2) is 17.3 Å². The van der Waals surface area contributed by atoms with Crippen molar-refractivity contribution < 1.29 is 19.1 Å². The van der Waals surface area contributed by atoms with Gasteiger partial charge in [0.2, 0.25) is 0 Å². The van der Waals surface area contributed by atoms with Gasteiger partial charge < -0.3 is 10.9 Å². The number of amides is 1. The Labute approximate surface area is 151 Å². The van der Waals surface area contributed by atoms with E-state index >= 15 is 0 Å². The number of hydrogen-bond donors (Lipinski definition) is 2. The van der Waals surface area contributed by atoms with Gasteiger partial charge in [-0.15, -0.1) is 0 Å². The first kappa shape index (κ1) is 17.3. The predicted octanol–water partition coefficient (Wildman–Crippen LogP) is 1.27. The van der Waals surface area contributed by atoms with E-state index in [4.69, 9.17) is 10.9 Å². The fraction of sp³-hybridized carbons (Fsp3) is 0.100. The van der Waals surface area contributed by atoms with E-state index in [2.05, 4.69) is 21.9 Å². The summed E-state index contributed by atoms with van der Waals surface area (Å²) in [6.07, 6.45) is 8.94. The van der Waals surface area contributed by atoms with E-state index in [9.17, 15) is 4.79 Å². The van der Waals surface area contributed by atoms with Crippen molar-refractivity contribution in [1.82, 2.24) is 0 Å². The number of benzene rings is 1. The van der Waals surface area contributed by atoms with Crippen LogP contribution < -0.4 is 14.9 Å². The second-order valence-corrected chi connectivity index (χ2v) is 5.95. The van der Waals surface area contributed by atoms with Crippen molar-refractivity contribution in [1.29, 1.82) is 0 Å². The third-order valence-electron chi connectivity index (χ3n) is 4.09. The van der Waals surface area contributed by atoms with Gasteiger partial charge >= 0.3 is 0 Å². The van der Waals surface area contributed by atoms with Gasteiger partial charge in [-0.05, 0) is 6.07 Å². The number of nitrogens with zero attached hydrogens (tertiary/aromatic N) is 3. The van der Waals surface area contributed by atoms with Crippen LogP contribution in [0, 0.1) is 0 Å². The average Bonchev–Trinajstić information content (AvgIpc) is 2.65. The maximum absolute atomic E-state index is 11.4. The molecule has 0 fully saturated rings. The van der Waals surface area contributed by atoms with Crippen molar-refractivity contribution in [2.45, 2.75) is 13.1 Å². The Kier molecular flexibility index (Phi) is 5.34. The van der Waals surface area contributed by atoms with Crippen LogP contribution in [-0.2, 0) is 13.1 Å². The van der Waals surface area contributed by atoms with Gasteiger partial charge in [0, 0.05) is 34.9 Å². The van der Waals surface area contributed by atoms with Crippen LogP contribution in [0.25, 0.3) is 0 Å². The van der Waals surface area contributed by atoms with Gasteiger partial charge in [0.05, 0.1) is 6.21 Å². The largest absolute Gasteiger partial charge is 0.411 e. The summed E-state index contributed by atoms with van der Waals surface area (Å²) < 4.78 is 4.00. The molecular formula is C20H20N4O2+2. The average molecular weight is 348 g/mol. The van der Waals surface area contributed by atoms with Crippen molar-refractivity contribution in [3.05, 3.63) is 95.6 Å². The molecule has 0 spiro atoms. The van der Waals surface area contributed by atoms with Gasteiger partial charge in [-0.25, -0.2) is 4.57 Å². The number of oxime groups is 1. The summed E-state index contributed by atoms with van der Waals surface area (Å²) in [7, 11) is 0. The zero-order chi connectivity index (χ0) is 18.4. The molecule has 3 rings (SSSR count). The third kappa shape index (κ3) is 4.30. The van der Waals surface area contributed by atoms with Crippen LogP contribution in [0.3, 0.4) is 0 Å². The molecule has 3 N–H and O–H groups in total. The van der Waals surface area contributed by atoms with Gasteiger partial charge in [-0.1, -0.05) is 29.4 Å². The van der Waals surface area contributed by atoms with Crippen LogP contribution in [0.2, 0.25) is 0 Å². The van der Waals surface area contributed by atoms with Crippen LogP contribution in [0.4, 0.5) is 0 Å². The van der Waals surface area contributed by atoms with E-state index in [0.717, 1.165) is 11.1 Å². The van der Waals surface area contributed by atoms with Crippen molar-refractivity contribution >= 4 is 12.1 Å². The molecule has 2 heterocycles. The summed E-state index contributed by atoms with van der Waals surface area (Å²) in [5.74, 6) is -0.435. The van der Waals surface area contributed by atoms with Gasteiger partial charge in [0.25, 0.3) is 5.91 Å². The summed E-state index contributed by atoms with van der Waals surface area (Å²) in [5, 5.41) is 11.6. The number of pyridine rings is 2. The minimum absolute atomic E-state index is 0.435. The normalized spacial score (nSPS) is 10.9. The molecule has 0 saturated heterocycles. The number of aromatic nitrogens is 2. The molecule has 0 aliphatic heterocycles. The second kappa shape index (κ2) is 8.02. The van der Waals surface area contributed by atoms with E-state index in [1.165, 1.54) is 11.8 Å². The Balaban J connectivity index is 1.82. The zero-order valence-corrected chi connectivity index (χ0v) is 14.2. The molecule has 26 heavy (non-hydrogen) atoms. The summed E-state index contributed by atoms with van der Waals surface area (Å²) in [6, 6.07) is 15.5. The van der Waals surface area contributed by atoms with Crippen molar-refractivity contribution in [3.63, 3.8) is 0 Å². The monoisotopic (exact) mass is 348 g/mol. The van der Waals surface area contributed by atoms with Gasteiger partial charge in [-0.3, -0.25) is 4.79 Å². The standard InChI is InChI=1S/C20H18N4O2/c21-20(25)19-6-3-9-24(15-19)14-18-5-2-1-4-17(18)13-23-10-7-16(8-11-23)12-22-26/h1-12,15H,13-14H2,(H-,21,25)/p+2. The Morgan fingerprint density at radius 2 is 1.62 bits per heavy atom. The number of carbonyl (C=O) groups excluding carboxylic acids is 1. The number of rotatable bonds is 6. The van der Waals surface area contributed by atoms with Crippen molar-refractivity contribution in [2.75, 3.05) is 0 Å². The van der Waals surface area contributed by atoms with Crippen molar-refractivity contribution in [3.8, 4) is 0 Å². The smallest absolute Gasteiger partial charge is 0.254 e. The second-order valence-electron chi connectivity index (χ2n) is 5.95. The Morgan fingerprint density at radius 3 is 2.23 bits per heavy atom. The van der Waals surface area contributed by atoms with E-state index in [-0.39, 0.29) is 0 Å². The summed E-state index contributed by atoms with van der Waals surface area (Å²) in [5.41, 5.74) is 9.02. The Hall–Kier alpha value is -3.54. The SMILES string of the molecule is NC(=O)c1ccc[n+](Cc2ccccc2C[n+]2ccc(/C=N/O)cc2)c1. The van der Waals surface area contributed by atoms with Crippen LogP contribution in [0.15, 0.2) is 78.5 Å². The predicted molar refractivity (Wildman–Crippen MR) is 95.8 cm³/mol. The Morgan fingerprint density at radius 1 is 0.962 bits per heavy atom. The van der Waals surface area contributed by atoms with E-state index in [1.807, 2.05) is 53.5 Å². The molecule has 0 aliphatic carbocycles. The Bertz CT molecular complexity index is 937. The van der Waals surface area contributed by atoms with Gasteiger partial charge in [-0.2, -0.15) is 4.57 Å². The van der Waals surface area contributed by atoms with E-state index in [1.54, 1.807) is 12.3 Å². The van der Waals surface area contributed by atoms with Gasteiger partial charge in [0.1, 0.15) is 5.56 Å². The third-order valence-corrected chi connectivity index (χ3v) is 4.09. The molecular weight excluding hydrogens is 328 g/mol. The number of hydrogen-bond acceptors (Lipinski definition) is 3. The summed E-state index contributed by atoms with van der Waals surface area (Å²) in [6.45, 7) is 1.36. The quantitative estimate of drug-likeness (QED) is 0.304. The highest BCUT2D eigenvalue weighted by molar-refractivity contribution is 5.92. The lowest BCUT2D eigenvalue weighted by atomic mass is 10.1. The zero-order valence-electron chi connectivity index (χ0n) is 14.2. The lowest BCUT2D eigenvalue weighted by molar-refractivity contribution is -0.693. The molecule has 6 nitrogen and oxygen atoms in total. The molecule has 0 atom stereocenters. The molecule has 0 bridgehead atoms. The molecule has 2 aromatic heterocycles. The molecule has 1 amide bonds. The van der Waals surface area contributed by atoms with E-state index < -0.39 is 5.91 Å². The summed E-state index contributed by atoms with van der Waals surface area (Å²) in [4.78, 5) is 11.4. The minimum Gasteiger partial charge on any atom is -0.411 e. The highest BCUT2D eigenvalue weighted by Gasteiger charge is 2.13. The number of primary amides is 1. The van der Waals surface area contributed by atoms with Gasteiger partial charge in [0.15, 0.2) is 37.9 Å². The molecule has 130 valence electrons. The molecule has 0 radical (unpaired) electrons.